The van der Waals surface area contributed by atoms with Gasteiger partial charge in [0.05, 0.1) is 13.2 Å². The fourth-order valence-electron chi connectivity index (χ4n) is 4.24. The second-order valence-electron chi connectivity index (χ2n) is 7.45. The largest absolute Gasteiger partial charge is 0.497 e. The van der Waals surface area contributed by atoms with Gasteiger partial charge in [-0.05, 0) is 42.7 Å². The molecule has 5 nitrogen and oxygen atoms in total. The molecule has 1 fully saturated rings. The normalized spacial score (nSPS) is 19.0. The Bertz CT molecular complexity index is 934. The van der Waals surface area contributed by atoms with Gasteiger partial charge < -0.3 is 4.74 Å². The van der Waals surface area contributed by atoms with Crippen LogP contribution in [0.25, 0.3) is 0 Å². The average molecular weight is 390 g/mol. The third-order valence-corrected chi connectivity index (χ3v) is 5.67. The van der Waals surface area contributed by atoms with Gasteiger partial charge in [0.15, 0.2) is 5.78 Å². The van der Waals surface area contributed by atoms with E-state index in [1.54, 1.807) is 36.4 Å². The van der Waals surface area contributed by atoms with E-state index in [0.717, 1.165) is 36.1 Å². The second-order valence-corrected chi connectivity index (χ2v) is 7.45. The van der Waals surface area contributed by atoms with Crippen molar-refractivity contribution in [2.75, 3.05) is 13.7 Å². The summed E-state index contributed by atoms with van der Waals surface area (Å²) >= 11 is 0. The van der Waals surface area contributed by atoms with Crippen molar-refractivity contribution in [3.8, 4) is 5.75 Å². The molecule has 0 aliphatic carbocycles. The molecule has 0 N–H and O–H groups in total. The first kappa shape index (κ1) is 19.4. The average Bonchev–Trinajstić information content (AvgIpc) is 3.30. The number of benzene rings is 2. The maximum absolute atomic E-state index is 13.7. The highest BCUT2D eigenvalue weighted by atomic mass is 16.5. The second kappa shape index (κ2) is 8.21. The van der Waals surface area contributed by atoms with Crippen LogP contribution in [0.15, 0.2) is 65.9 Å². The predicted octanol–water partition coefficient (Wildman–Crippen LogP) is 4.53. The van der Waals surface area contributed by atoms with E-state index in [-0.39, 0.29) is 17.7 Å². The smallest absolute Gasteiger partial charge is 0.242 e. The molecule has 4 rings (SSSR count). The van der Waals surface area contributed by atoms with Gasteiger partial charge in [-0.3, -0.25) is 9.59 Å². The van der Waals surface area contributed by atoms with Gasteiger partial charge in [-0.15, -0.1) is 0 Å². The van der Waals surface area contributed by atoms with Crippen LogP contribution in [0.2, 0.25) is 0 Å². The monoisotopic (exact) mass is 390 g/mol. The molecule has 0 aromatic heterocycles. The zero-order chi connectivity index (χ0) is 20.4. The number of carbonyl (C=O) groups is 2. The van der Waals surface area contributed by atoms with Crippen LogP contribution < -0.4 is 4.74 Å². The molecular formula is C24H26N2O3. The van der Waals surface area contributed by atoms with E-state index in [0.29, 0.717) is 24.3 Å². The van der Waals surface area contributed by atoms with Crippen LogP contribution in [-0.2, 0) is 4.79 Å². The highest BCUT2D eigenvalue weighted by Crippen LogP contribution is 2.45. The Morgan fingerprint density at radius 3 is 2.48 bits per heavy atom. The lowest BCUT2D eigenvalue weighted by atomic mass is 9.90. The lowest BCUT2D eigenvalue weighted by Gasteiger charge is -2.27. The number of unbranched alkanes of at least 4 members (excludes halogenated alkanes) is 1. The van der Waals surface area contributed by atoms with Crippen LogP contribution in [0.3, 0.4) is 0 Å². The number of ether oxygens (including phenoxy) is 1. The summed E-state index contributed by atoms with van der Waals surface area (Å²) in [5.41, 5.74) is 3.24. The van der Waals surface area contributed by atoms with E-state index < -0.39 is 0 Å². The van der Waals surface area contributed by atoms with Crippen LogP contribution >= 0.6 is 0 Å². The zero-order valence-electron chi connectivity index (χ0n) is 16.9. The summed E-state index contributed by atoms with van der Waals surface area (Å²) in [5.74, 6) is 0.775. The summed E-state index contributed by atoms with van der Waals surface area (Å²) in [5, 5.41) is 3.85. The lowest BCUT2D eigenvalue weighted by molar-refractivity contribution is -0.134. The maximum Gasteiger partial charge on any atom is 0.242 e. The fraction of sp³-hybridized carbons (Fsp3) is 0.333. The molecule has 1 saturated heterocycles. The van der Waals surface area contributed by atoms with E-state index in [2.05, 4.69) is 11.9 Å². The minimum Gasteiger partial charge on any atom is -0.497 e. The van der Waals surface area contributed by atoms with Crippen LogP contribution in [0.4, 0.5) is 0 Å². The Balaban J connectivity index is 1.83. The first-order valence-corrected chi connectivity index (χ1v) is 10.2. The number of ketones is 1. The first-order chi connectivity index (χ1) is 14.2. The van der Waals surface area contributed by atoms with Gasteiger partial charge in [-0.25, -0.2) is 10.0 Å². The number of amides is 1. The van der Waals surface area contributed by atoms with E-state index >= 15 is 0 Å². The van der Waals surface area contributed by atoms with E-state index in [1.165, 1.54) is 0 Å². The van der Waals surface area contributed by atoms with Crippen molar-refractivity contribution in [1.82, 2.24) is 10.0 Å². The molecular weight excluding hydrogens is 364 g/mol. The summed E-state index contributed by atoms with van der Waals surface area (Å²) in [6.45, 7) is 2.76. The quantitative estimate of drug-likeness (QED) is 0.652. The molecule has 2 aliphatic heterocycles. The zero-order valence-corrected chi connectivity index (χ0v) is 16.9. The number of methoxy groups -OCH3 is 1. The molecule has 1 atom stereocenters. The molecule has 0 saturated carbocycles. The Hall–Kier alpha value is -2.92. The highest BCUT2D eigenvalue weighted by molar-refractivity contribution is 6.11. The van der Waals surface area contributed by atoms with Gasteiger partial charge in [0.2, 0.25) is 5.91 Å². The predicted molar refractivity (Wildman–Crippen MR) is 111 cm³/mol. The molecule has 1 amide bonds. The van der Waals surface area contributed by atoms with E-state index in [1.807, 2.05) is 30.3 Å². The molecule has 0 spiro atoms. The van der Waals surface area contributed by atoms with Crippen molar-refractivity contribution >= 4 is 11.7 Å². The van der Waals surface area contributed by atoms with Crippen LogP contribution in [0, 0.1) is 0 Å². The molecule has 2 heterocycles. The molecule has 5 heteroatoms. The number of hydrogen-bond donors (Lipinski definition) is 0. The highest BCUT2D eigenvalue weighted by Gasteiger charge is 2.47. The van der Waals surface area contributed by atoms with Gasteiger partial charge in [0.25, 0.3) is 0 Å². The number of hydrogen-bond acceptors (Lipinski definition) is 4. The van der Waals surface area contributed by atoms with E-state index in [4.69, 9.17) is 4.74 Å². The van der Waals surface area contributed by atoms with Crippen molar-refractivity contribution in [3.63, 3.8) is 0 Å². The van der Waals surface area contributed by atoms with E-state index in [9.17, 15) is 9.59 Å². The standard InChI is InChI=1S/C24H26N2O3/c1-3-4-10-20-22(24(28)18-11-13-19(29-2)14-12-18)23(17-8-6-5-7-9-17)25-16-15-21(27)26(20)25/h5-9,11-14,23H,3-4,10,15-16H2,1-2H3. The number of rotatable bonds is 7. The van der Waals surface area contributed by atoms with Crippen LogP contribution in [0.5, 0.6) is 5.75 Å². The van der Waals surface area contributed by atoms with Crippen molar-refractivity contribution in [2.45, 2.75) is 38.6 Å². The minimum atomic E-state index is -0.232. The van der Waals surface area contributed by atoms with Gasteiger partial charge >= 0.3 is 0 Å². The number of carbonyl (C=O) groups excluding carboxylic acids is 2. The van der Waals surface area contributed by atoms with Crippen molar-refractivity contribution in [3.05, 3.63) is 77.0 Å². The molecule has 150 valence electrons. The minimum absolute atomic E-state index is 0.0187. The third-order valence-electron chi connectivity index (χ3n) is 5.67. The third kappa shape index (κ3) is 3.47. The van der Waals surface area contributed by atoms with Crippen molar-refractivity contribution < 1.29 is 14.3 Å². The van der Waals surface area contributed by atoms with Gasteiger partial charge in [0.1, 0.15) is 5.75 Å². The lowest BCUT2D eigenvalue weighted by Crippen LogP contribution is -2.35. The molecule has 2 aromatic carbocycles. The Morgan fingerprint density at radius 2 is 1.83 bits per heavy atom. The summed E-state index contributed by atoms with van der Waals surface area (Å²) in [7, 11) is 1.61. The number of fused-ring (bicyclic) bond motifs is 1. The number of allylic oxidation sites excluding steroid dienone is 1. The summed E-state index contributed by atoms with van der Waals surface area (Å²) in [4.78, 5) is 26.4. The maximum atomic E-state index is 13.7. The van der Waals surface area contributed by atoms with Crippen molar-refractivity contribution in [2.24, 2.45) is 0 Å². The Kier molecular flexibility index (Phi) is 5.49. The summed E-state index contributed by atoms with van der Waals surface area (Å²) in [6, 6.07) is 17.0. The number of nitrogens with zero attached hydrogens (tertiary/aromatic N) is 2. The van der Waals surface area contributed by atoms with Crippen LogP contribution in [0.1, 0.15) is 54.6 Å². The SMILES string of the molecule is CCCCC1=C(C(=O)c2ccc(OC)cc2)C(c2ccccc2)N2CCC(=O)N12. The molecule has 0 radical (unpaired) electrons. The molecule has 29 heavy (non-hydrogen) atoms. The molecule has 1 unspecified atom stereocenters. The fourth-order valence-corrected chi connectivity index (χ4v) is 4.24. The molecule has 0 bridgehead atoms. The topological polar surface area (TPSA) is 49.9 Å². The number of hydrazine groups is 1. The summed E-state index contributed by atoms with van der Waals surface area (Å²) in [6.07, 6.45) is 3.15. The Labute approximate surface area is 171 Å². The molecule has 2 aromatic rings. The first-order valence-electron chi connectivity index (χ1n) is 10.2. The summed E-state index contributed by atoms with van der Waals surface area (Å²) < 4.78 is 5.23. The molecule has 2 aliphatic rings. The van der Waals surface area contributed by atoms with Gasteiger partial charge in [-0.2, -0.15) is 0 Å². The van der Waals surface area contributed by atoms with Gasteiger partial charge in [-0.1, -0.05) is 43.7 Å². The Morgan fingerprint density at radius 1 is 1.10 bits per heavy atom. The number of Topliss-reactive ketones (excluding diaryl/α,β-unsaturated/α-hetero) is 1. The van der Waals surface area contributed by atoms with Crippen molar-refractivity contribution in [1.29, 1.82) is 0 Å². The van der Waals surface area contributed by atoms with Crippen LogP contribution in [-0.4, -0.2) is 35.4 Å². The van der Waals surface area contributed by atoms with Gasteiger partial charge in [0, 0.05) is 29.8 Å².